The van der Waals surface area contributed by atoms with E-state index < -0.39 is 11.6 Å². The van der Waals surface area contributed by atoms with Crippen molar-refractivity contribution < 1.29 is 19.7 Å². The van der Waals surface area contributed by atoms with Crippen LogP contribution < -0.4 is 0 Å². The van der Waals surface area contributed by atoms with Gasteiger partial charge in [-0.3, -0.25) is 0 Å². The summed E-state index contributed by atoms with van der Waals surface area (Å²) >= 11 is 0. The van der Waals surface area contributed by atoms with Gasteiger partial charge in [0.25, 0.3) is 0 Å². The van der Waals surface area contributed by atoms with E-state index in [1.165, 1.54) is 6.08 Å². The Hall–Kier alpha value is -1.13. The van der Waals surface area contributed by atoms with Crippen LogP contribution in [0.1, 0.15) is 40.5 Å². The number of carboxylic acid groups (broad SMARTS) is 1. The third kappa shape index (κ3) is 2.23. The van der Waals surface area contributed by atoms with Crippen molar-refractivity contribution in [3.05, 3.63) is 23.8 Å². The second-order valence-corrected chi connectivity index (χ2v) is 6.57. The summed E-state index contributed by atoms with van der Waals surface area (Å²) in [5, 5.41) is 18.6. The first-order valence-electron chi connectivity index (χ1n) is 6.61. The Bertz CT molecular complexity index is 463. The summed E-state index contributed by atoms with van der Waals surface area (Å²) in [6.07, 6.45) is 5.93. The number of rotatable bonds is 3. The lowest BCUT2D eigenvalue weighted by molar-refractivity contribution is -0.131. The van der Waals surface area contributed by atoms with Gasteiger partial charge in [0, 0.05) is 17.9 Å². The minimum absolute atomic E-state index is 0.167. The van der Waals surface area contributed by atoms with Crippen LogP contribution in [-0.2, 0) is 9.53 Å². The fraction of sp³-hybridized carbons (Fsp3) is 0.667. The molecule has 0 radical (unpaired) electrons. The molecule has 3 atom stereocenters. The van der Waals surface area contributed by atoms with Gasteiger partial charge in [-0.25, -0.2) is 4.79 Å². The quantitative estimate of drug-likeness (QED) is 0.467. The Kier molecular flexibility index (Phi) is 3.14. The van der Waals surface area contributed by atoms with Crippen LogP contribution in [-0.4, -0.2) is 33.5 Å². The van der Waals surface area contributed by atoms with E-state index in [1.807, 2.05) is 13.0 Å². The number of carbonyl (C=O) groups is 1. The van der Waals surface area contributed by atoms with Crippen molar-refractivity contribution in [2.75, 3.05) is 0 Å². The molecule has 0 spiro atoms. The second-order valence-electron chi connectivity index (χ2n) is 6.57. The molecule has 1 aliphatic carbocycles. The highest BCUT2D eigenvalue weighted by molar-refractivity contribution is 5.81. The maximum Gasteiger partial charge on any atom is 0.328 e. The maximum atomic E-state index is 10.6. The predicted molar refractivity (Wildman–Crippen MR) is 71.8 cm³/mol. The van der Waals surface area contributed by atoms with Crippen LogP contribution in [0.3, 0.4) is 0 Å². The van der Waals surface area contributed by atoms with E-state index >= 15 is 0 Å². The Labute approximate surface area is 113 Å². The zero-order valence-corrected chi connectivity index (χ0v) is 11.9. The van der Waals surface area contributed by atoms with Gasteiger partial charge < -0.3 is 14.9 Å². The Balaban J connectivity index is 2.25. The molecule has 0 aromatic carbocycles. The molecule has 0 aromatic rings. The van der Waals surface area contributed by atoms with Crippen molar-refractivity contribution in [3.63, 3.8) is 0 Å². The summed E-state index contributed by atoms with van der Waals surface area (Å²) in [6, 6.07) is 0. The topological polar surface area (TPSA) is 70.1 Å². The van der Waals surface area contributed by atoms with Crippen LogP contribution in [0.15, 0.2) is 23.8 Å². The number of aliphatic carboxylic acids is 1. The summed E-state index contributed by atoms with van der Waals surface area (Å²) < 4.78 is 5.97. The monoisotopic (exact) mass is 266 g/mol. The van der Waals surface area contributed by atoms with Gasteiger partial charge in [-0.2, -0.15) is 0 Å². The second kappa shape index (κ2) is 4.18. The SMILES string of the molecule is CC(=C/C(=O)O)/C=C/[C@]12O[C@@]1(C)C[C@H](O)CC2(C)C. The fourth-order valence-corrected chi connectivity index (χ4v) is 3.57. The van der Waals surface area contributed by atoms with Crippen molar-refractivity contribution in [1.29, 1.82) is 0 Å². The molecule has 0 unspecified atom stereocenters. The molecule has 2 rings (SSSR count). The minimum atomic E-state index is -0.947. The third-order valence-electron chi connectivity index (χ3n) is 4.44. The van der Waals surface area contributed by atoms with Crippen LogP contribution in [0.5, 0.6) is 0 Å². The molecule has 2 N–H and O–H groups in total. The maximum absolute atomic E-state index is 10.6. The molecule has 1 aliphatic heterocycles. The molecule has 1 saturated heterocycles. The Morgan fingerprint density at radius 3 is 2.47 bits per heavy atom. The van der Waals surface area contributed by atoms with E-state index in [4.69, 9.17) is 9.84 Å². The molecule has 106 valence electrons. The molecule has 0 bridgehead atoms. The van der Waals surface area contributed by atoms with Crippen LogP contribution in [0, 0.1) is 5.41 Å². The van der Waals surface area contributed by atoms with Crippen LogP contribution >= 0.6 is 0 Å². The number of carboxylic acids is 1. The average Bonchev–Trinajstić information content (AvgIpc) is 2.80. The van der Waals surface area contributed by atoms with E-state index in [9.17, 15) is 9.90 Å². The highest BCUT2D eigenvalue weighted by Gasteiger charge is 2.74. The van der Waals surface area contributed by atoms with E-state index in [-0.39, 0.29) is 17.1 Å². The highest BCUT2D eigenvalue weighted by Crippen LogP contribution is 2.66. The summed E-state index contributed by atoms with van der Waals surface area (Å²) in [4.78, 5) is 10.6. The first kappa shape index (κ1) is 14.3. The molecule has 1 heterocycles. The first-order valence-corrected chi connectivity index (χ1v) is 6.61. The minimum Gasteiger partial charge on any atom is -0.478 e. The first-order chi connectivity index (χ1) is 8.62. The molecule has 0 amide bonds. The number of hydrogen-bond acceptors (Lipinski definition) is 3. The summed E-state index contributed by atoms with van der Waals surface area (Å²) in [5.74, 6) is -0.947. The van der Waals surface area contributed by atoms with Crippen molar-refractivity contribution >= 4 is 5.97 Å². The van der Waals surface area contributed by atoms with Gasteiger partial charge >= 0.3 is 5.97 Å². The number of ether oxygens (including phenoxy) is 1. The zero-order chi connectivity index (χ0) is 14.5. The summed E-state index contributed by atoms with van der Waals surface area (Å²) in [7, 11) is 0. The van der Waals surface area contributed by atoms with Crippen molar-refractivity contribution in [2.45, 2.75) is 57.8 Å². The third-order valence-corrected chi connectivity index (χ3v) is 4.44. The van der Waals surface area contributed by atoms with Gasteiger partial charge in [-0.05, 0) is 31.9 Å². The molecule has 4 heteroatoms. The van der Waals surface area contributed by atoms with Gasteiger partial charge in [-0.1, -0.05) is 19.9 Å². The lowest BCUT2D eigenvalue weighted by Gasteiger charge is -2.39. The summed E-state index contributed by atoms with van der Waals surface area (Å²) in [6.45, 7) is 7.94. The number of hydrogen-bond donors (Lipinski definition) is 2. The predicted octanol–water partition coefficient (Wildman–Crippen LogP) is 2.28. The molecule has 19 heavy (non-hydrogen) atoms. The van der Waals surface area contributed by atoms with E-state index in [0.29, 0.717) is 18.4 Å². The molecule has 0 aromatic heterocycles. The summed E-state index contributed by atoms with van der Waals surface area (Å²) in [5.41, 5.74) is -0.220. The molecule has 2 fully saturated rings. The van der Waals surface area contributed by atoms with Crippen molar-refractivity contribution in [1.82, 2.24) is 0 Å². The Morgan fingerprint density at radius 1 is 1.32 bits per heavy atom. The lowest BCUT2D eigenvalue weighted by Crippen LogP contribution is -2.46. The molecular weight excluding hydrogens is 244 g/mol. The fourth-order valence-electron chi connectivity index (χ4n) is 3.57. The number of aliphatic hydroxyl groups is 1. The van der Waals surface area contributed by atoms with Gasteiger partial charge in [0.15, 0.2) is 0 Å². The average molecular weight is 266 g/mol. The largest absolute Gasteiger partial charge is 0.478 e. The van der Waals surface area contributed by atoms with Crippen LogP contribution in [0.4, 0.5) is 0 Å². The van der Waals surface area contributed by atoms with Gasteiger partial charge in [0.1, 0.15) is 11.2 Å². The van der Waals surface area contributed by atoms with E-state index in [1.54, 1.807) is 13.0 Å². The standard InChI is InChI=1S/C15H22O4/c1-10(7-12(17)18)5-6-15-13(2,3)8-11(16)9-14(15,4)19-15/h5-7,11,16H,8-9H2,1-4H3,(H,17,18)/b6-5+,10-7-/t11-,14+,15-/m1/s1. The van der Waals surface area contributed by atoms with Gasteiger partial charge in [-0.15, -0.1) is 0 Å². The molecule has 4 nitrogen and oxygen atoms in total. The van der Waals surface area contributed by atoms with E-state index in [2.05, 4.69) is 13.8 Å². The smallest absolute Gasteiger partial charge is 0.328 e. The number of allylic oxidation sites excluding steroid dienone is 2. The van der Waals surface area contributed by atoms with Gasteiger partial charge in [0.05, 0.1) is 6.10 Å². The number of fused-ring (bicyclic) bond motifs is 1. The van der Waals surface area contributed by atoms with Crippen molar-refractivity contribution in [3.8, 4) is 0 Å². The van der Waals surface area contributed by atoms with Crippen LogP contribution in [0.2, 0.25) is 0 Å². The molecular formula is C15H22O4. The zero-order valence-electron chi connectivity index (χ0n) is 11.9. The number of aliphatic hydroxyl groups excluding tert-OH is 1. The Morgan fingerprint density at radius 2 is 1.95 bits per heavy atom. The highest BCUT2D eigenvalue weighted by atomic mass is 16.6. The van der Waals surface area contributed by atoms with Crippen molar-refractivity contribution in [2.24, 2.45) is 5.41 Å². The molecule has 2 aliphatic rings. The number of epoxide rings is 1. The molecule has 1 saturated carbocycles. The van der Waals surface area contributed by atoms with Gasteiger partial charge in [0.2, 0.25) is 0 Å². The van der Waals surface area contributed by atoms with E-state index in [0.717, 1.165) is 0 Å². The van der Waals surface area contributed by atoms with Crippen LogP contribution in [0.25, 0.3) is 0 Å². The lowest BCUT2D eigenvalue weighted by atomic mass is 9.63. The normalized spacial score (nSPS) is 41.1.